The zero-order valence-corrected chi connectivity index (χ0v) is 14.9. The van der Waals surface area contributed by atoms with Gasteiger partial charge in [0.2, 0.25) is 0 Å². The number of rotatable bonds is 4. The number of ether oxygens (including phenoxy) is 1. The van der Waals surface area contributed by atoms with Crippen LogP contribution in [0.25, 0.3) is 0 Å². The molecule has 0 saturated carbocycles. The Bertz CT molecular complexity index is 721. The van der Waals surface area contributed by atoms with Crippen molar-refractivity contribution in [1.82, 2.24) is 10.1 Å². The lowest BCUT2D eigenvalue weighted by atomic mass is 9.94. The van der Waals surface area contributed by atoms with E-state index in [4.69, 9.17) is 9.26 Å². The molecule has 2 heterocycles. The molecule has 1 aromatic carbocycles. The Morgan fingerprint density at radius 3 is 2.72 bits per heavy atom. The monoisotopic (exact) mass is 344 g/mol. The molecule has 25 heavy (non-hydrogen) atoms. The van der Waals surface area contributed by atoms with E-state index in [9.17, 15) is 4.79 Å². The van der Waals surface area contributed by atoms with Gasteiger partial charge in [0, 0.05) is 50.5 Å². The Balaban J connectivity index is 1.55. The van der Waals surface area contributed by atoms with Gasteiger partial charge < -0.3 is 24.4 Å². The van der Waals surface area contributed by atoms with Crippen molar-refractivity contribution in [1.29, 1.82) is 0 Å². The van der Waals surface area contributed by atoms with Gasteiger partial charge in [0.25, 0.3) is 5.88 Å². The van der Waals surface area contributed by atoms with Gasteiger partial charge in [-0.3, -0.25) is 0 Å². The highest BCUT2D eigenvalue weighted by Crippen LogP contribution is 2.30. The van der Waals surface area contributed by atoms with Crippen LogP contribution in [-0.2, 0) is 0 Å². The van der Waals surface area contributed by atoms with Crippen LogP contribution < -0.4 is 15.0 Å². The number of hydrogen-bond acceptors (Lipinski definition) is 5. The largest absolute Gasteiger partial charge is 0.479 e. The third-order valence-corrected chi connectivity index (χ3v) is 4.51. The summed E-state index contributed by atoms with van der Waals surface area (Å²) < 4.78 is 10.4. The molecule has 0 bridgehead atoms. The van der Waals surface area contributed by atoms with Crippen LogP contribution >= 0.6 is 0 Å². The number of nitrogens with zero attached hydrogens (tertiary/aromatic N) is 3. The number of amides is 2. The SMILES string of the molecule is COc1cc(C2CCN(C(=O)Nc3cccc(N(C)C)c3)CC2)on1. The van der Waals surface area contributed by atoms with Gasteiger partial charge in [-0.15, -0.1) is 0 Å². The van der Waals surface area contributed by atoms with E-state index in [0.29, 0.717) is 19.0 Å². The number of methoxy groups -OCH3 is 1. The standard InChI is InChI=1S/C18H24N4O3/c1-21(2)15-6-4-5-14(11-15)19-18(23)22-9-7-13(8-10-22)16-12-17(24-3)20-25-16/h4-6,11-13H,7-10H2,1-3H3,(H,19,23). The molecule has 0 spiro atoms. The van der Waals surface area contributed by atoms with Crippen LogP contribution in [0.15, 0.2) is 34.9 Å². The maximum Gasteiger partial charge on any atom is 0.321 e. The van der Waals surface area contributed by atoms with Gasteiger partial charge >= 0.3 is 6.03 Å². The van der Waals surface area contributed by atoms with Crippen molar-refractivity contribution < 1.29 is 14.1 Å². The molecule has 0 atom stereocenters. The maximum atomic E-state index is 12.5. The van der Waals surface area contributed by atoms with Crippen molar-refractivity contribution in [3.63, 3.8) is 0 Å². The fourth-order valence-corrected chi connectivity index (χ4v) is 2.99. The van der Waals surface area contributed by atoms with Gasteiger partial charge in [-0.1, -0.05) is 6.07 Å². The molecule has 0 aliphatic carbocycles. The summed E-state index contributed by atoms with van der Waals surface area (Å²) in [6, 6.07) is 9.57. The smallest absolute Gasteiger partial charge is 0.321 e. The van der Waals surface area contributed by atoms with Gasteiger partial charge in [-0.05, 0) is 36.2 Å². The summed E-state index contributed by atoms with van der Waals surface area (Å²) in [5, 5.41) is 6.83. The third-order valence-electron chi connectivity index (χ3n) is 4.51. The van der Waals surface area contributed by atoms with Crippen LogP contribution in [0.5, 0.6) is 5.88 Å². The number of piperidine rings is 1. The second-order valence-corrected chi connectivity index (χ2v) is 6.41. The lowest BCUT2D eigenvalue weighted by Crippen LogP contribution is -2.40. The number of carbonyl (C=O) groups is 1. The quantitative estimate of drug-likeness (QED) is 0.922. The van der Waals surface area contributed by atoms with Gasteiger partial charge in [0.15, 0.2) is 0 Å². The Morgan fingerprint density at radius 2 is 2.08 bits per heavy atom. The van der Waals surface area contributed by atoms with E-state index < -0.39 is 0 Å². The van der Waals surface area contributed by atoms with Crippen LogP contribution in [0, 0.1) is 0 Å². The van der Waals surface area contributed by atoms with E-state index in [0.717, 1.165) is 30.0 Å². The van der Waals surface area contributed by atoms with Gasteiger partial charge in [0.05, 0.1) is 7.11 Å². The Labute approximate surface area is 147 Å². The zero-order chi connectivity index (χ0) is 17.8. The number of carbonyl (C=O) groups excluding carboxylic acids is 1. The first-order valence-electron chi connectivity index (χ1n) is 8.40. The molecule has 7 heteroatoms. The van der Waals surface area contributed by atoms with Gasteiger partial charge in [-0.25, -0.2) is 4.79 Å². The van der Waals surface area contributed by atoms with Gasteiger partial charge in [0.1, 0.15) is 5.76 Å². The normalized spacial score (nSPS) is 15.1. The summed E-state index contributed by atoms with van der Waals surface area (Å²) in [6.07, 6.45) is 1.70. The molecule has 0 radical (unpaired) electrons. The lowest BCUT2D eigenvalue weighted by molar-refractivity contribution is 0.188. The minimum atomic E-state index is -0.0653. The number of likely N-dealkylation sites (tertiary alicyclic amines) is 1. The van der Waals surface area contributed by atoms with Crippen LogP contribution in [0.2, 0.25) is 0 Å². The van der Waals surface area contributed by atoms with E-state index in [-0.39, 0.29) is 11.9 Å². The number of aromatic nitrogens is 1. The predicted molar refractivity (Wildman–Crippen MR) is 96.4 cm³/mol. The van der Waals surface area contributed by atoms with Crippen LogP contribution in [0.3, 0.4) is 0 Å². The molecule has 0 unspecified atom stereocenters. The molecule has 1 aliphatic heterocycles. The van der Waals surface area contributed by atoms with E-state index in [1.807, 2.05) is 54.2 Å². The Morgan fingerprint density at radius 1 is 1.32 bits per heavy atom. The molecule has 3 rings (SSSR count). The molecular formula is C18H24N4O3. The summed E-state index contributed by atoms with van der Waals surface area (Å²) in [7, 11) is 5.52. The van der Waals surface area contributed by atoms with Gasteiger partial charge in [-0.2, -0.15) is 0 Å². The first-order valence-corrected chi connectivity index (χ1v) is 8.40. The lowest BCUT2D eigenvalue weighted by Gasteiger charge is -2.31. The van der Waals surface area contributed by atoms with Crippen molar-refractivity contribution in [3.05, 3.63) is 36.1 Å². The topological polar surface area (TPSA) is 70.8 Å². The summed E-state index contributed by atoms with van der Waals surface area (Å²) in [5.74, 6) is 1.60. The van der Waals surface area contributed by atoms with Crippen molar-refractivity contribution in [3.8, 4) is 5.88 Å². The molecule has 2 amide bonds. The molecule has 1 saturated heterocycles. The fourth-order valence-electron chi connectivity index (χ4n) is 2.99. The highest BCUT2D eigenvalue weighted by molar-refractivity contribution is 5.90. The van der Waals surface area contributed by atoms with Crippen molar-refractivity contribution in [2.45, 2.75) is 18.8 Å². The number of nitrogens with one attached hydrogen (secondary N) is 1. The molecule has 2 aromatic rings. The molecule has 1 aliphatic rings. The molecule has 7 nitrogen and oxygen atoms in total. The van der Waals surface area contributed by atoms with E-state index in [1.54, 1.807) is 7.11 Å². The molecular weight excluding hydrogens is 320 g/mol. The molecule has 1 N–H and O–H groups in total. The molecule has 1 fully saturated rings. The molecule has 134 valence electrons. The van der Waals surface area contributed by atoms with E-state index in [2.05, 4.69) is 10.5 Å². The van der Waals surface area contributed by atoms with E-state index in [1.165, 1.54) is 0 Å². The fraction of sp³-hybridized carbons (Fsp3) is 0.444. The summed E-state index contributed by atoms with van der Waals surface area (Å²) in [4.78, 5) is 16.3. The van der Waals surface area contributed by atoms with Crippen molar-refractivity contribution >= 4 is 17.4 Å². The molecule has 1 aromatic heterocycles. The summed E-state index contributed by atoms with van der Waals surface area (Å²) >= 11 is 0. The van der Waals surface area contributed by atoms with Crippen LogP contribution in [0.1, 0.15) is 24.5 Å². The Kier molecular flexibility index (Phi) is 5.11. The highest BCUT2D eigenvalue weighted by atomic mass is 16.5. The average Bonchev–Trinajstić information content (AvgIpc) is 3.11. The number of anilines is 2. The van der Waals surface area contributed by atoms with Crippen LogP contribution in [0.4, 0.5) is 16.2 Å². The minimum Gasteiger partial charge on any atom is -0.479 e. The summed E-state index contributed by atoms with van der Waals surface area (Å²) in [6.45, 7) is 1.37. The Hall–Kier alpha value is -2.70. The second kappa shape index (κ2) is 7.46. The first kappa shape index (κ1) is 17.1. The number of benzene rings is 1. The average molecular weight is 344 g/mol. The number of urea groups is 1. The maximum absolute atomic E-state index is 12.5. The zero-order valence-electron chi connectivity index (χ0n) is 14.9. The van der Waals surface area contributed by atoms with Crippen molar-refractivity contribution in [2.75, 3.05) is 44.5 Å². The van der Waals surface area contributed by atoms with Crippen molar-refractivity contribution in [2.24, 2.45) is 0 Å². The van der Waals surface area contributed by atoms with Crippen LogP contribution in [-0.4, -0.2) is 50.4 Å². The first-order chi connectivity index (χ1) is 12.1. The summed E-state index contributed by atoms with van der Waals surface area (Å²) in [5.41, 5.74) is 1.86. The third kappa shape index (κ3) is 4.04. The highest BCUT2D eigenvalue weighted by Gasteiger charge is 2.26. The second-order valence-electron chi connectivity index (χ2n) is 6.41. The minimum absolute atomic E-state index is 0.0653. The van der Waals surface area contributed by atoms with E-state index >= 15 is 0 Å². The predicted octanol–water partition coefficient (Wildman–Crippen LogP) is 3.16. The number of hydrogen-bond donors (Lipinski definition) is 1.